The minimum absolute atomic E-state index is 0.0842. The highest BCUT2D eigenvalue weighted by atomic mass is 19.1. The lowest BCUT2D eigenvalue weighted by Crippen LogP contribution is -2.65. The summed E-state index contributed by atoms with van der Waals surface area (Å²) in [6, 6.07) is 4.74. The first-order chi connectivity index (χ1) is 18.5. The Bertz CT molecular complexity index is 1350. The topological polar surface area (TPSA) is 59.8 Å². The van der Waals surface area contributed by atoms with Crippen molar-refractivity contribution in [3.63, 3.8) is 0 Å². The maximum absolute atomic E-state index is 14.5. The summed E-state index contributed by atoms with van der Waals surface area (Å²) < 4.78 is 27.6. The molecule has 1 amide bonds. The number of amides is 1. The molecule has 4 aliphatic rings. The van der Waals surface area contributed by atoms with E-state index in [-0.39, 0.29) is 18.0 Å². The predicted octanol–water partition coefficient (Wildman–Crippen LogP) is 3.99. The van der Waals surface area contributed by atoms with Gasteiger partial charge in [0.15, 0.2) is 0 Å². The van der Waals surface area contributed by atoms with Crippen molar-refractivity contribution in [2.45, 2.75) is 44.7 Å². The minimum atomic E-state index is -0.399. The third-order valence-corrected chi connectivity index (χ3v) is 9.01. The van der Waals surface area contributed by atoms with Gasteiger partial charge in [-0.25, -0.2) is 4.39 Å². The Morgan fingerprint density at radius 3 is 2.63 bits per heavy atom. The van der Waals surface area contributed by atoms with Crippen molar-refractivity contribution in [3.8, 4) is 5.69 Å². The third kappa shape index (κ3) is 4.23. The number of pyridine rings is 1. The van der Waals surface area contributed by atoms with Crippen LogP contribution in [-0.2, 0) is 15.9 Å². The fraction of sp³-hybridized carbons (Fsp3) is 0.533. The Kier molecular flexibility index (Phi) is 6.21. The number of fused-ring (bicyclic) bond motifs is 3. The van der Waals surface area contributed by atoms with E-state index >= 15 is 0 Å². The Balaban J connectivity index is 1.17. The average molecular weight is 519 g/mol. The molecule has 200 valence electrons. The SMILES string of the molecule is Cc1cncc2c1c(CC1CN(CC3CCOCC3)C1)cn2-c1ccc(F)cc1C(=O)N1C2COCC1C2. The number of likely N-dealkylation sites (tertiary alicyclic amines) is 1. The fourth-order valence-electron chi connectivity index (χ4n) is 7.05. The molecule has 0 saturated carbocycles. The summed E-state index contributed by atoms with van der Waals surface area (Å²) >= 11 is 0. The number of carbonyl (C=O) groups excluding carboxylic acids is 1. The lowest BCUT2D eigenvalue weighted by atomic mass is 9.89. The number of morpholine rings is 1. The highest BCUT2D eigenvalue weighted by Crippen LogP contribution is 2.36. The monoisotopic (exact) mass is 518 g/mol. The average Bonchev–Trinajstić information content (AvgIpc) is 3.27. The summed E-state index contributed by atoms with van der Waals surface area (Å²) in [6.07, 6.45) is 10.2. The van der Waals surface area contributed by atoms with Crippen LogP contribution in [0.5, 0.6) is 0 Å². The van der Waals surface area contributed by atoms with Crippen molar-refractivity contribution < 1.29 is 18.7 Å². The molecule has 8 heteroatoms. The maximum Gasteiger partial charge on any atom is 0.256 e. The van der Waals surface area contributed by atoms with E-state index in [1.54, 1.807) is 6.07 Å². The molecule has 2 unspecified atom stereocenters. The van der Waals surface area contributed by atoms with E-state index in [0.717, 1.165) is 56.1 Å². The largest absolute Gasteiger partial charge is 0.381 e. The molecule has 2 bridgehead atoms. The molecular formula is C30H35FN4O3. The molecule has 7 nitrogen and oxygen atoms in total. The van der Waals surface area contributed by atoms with Crippen molar-refractivity contribution in [2.24, 2.45) is 11.8 Å². The van der Waals surface area contributed by atoms with E-state index in [9.17, 15) is 9.18 Å². The van der Waals surface area contributed by atoms with Crippen LogP contribution < -0.4 is 0 Å². The van der Waals surface area contributed by atoms with Gasteiger partial charge in [-0.2, -0.15) is 0 Å². The van der Waals surface area contributed by atoms with Gasteiger partial charge in [-0.15, -0.1) is 0 Å². The van der Waals surface area contributed by atoms with Crippen LogP contribution in [0.25, 0.3) is 16.6 Å². The second kappa shape index (κ2) is 9.74. The van der Waals surface area contributed by atoms with Crippen molar-refractivity contribution in [1.29, 1.82) is 0 Å². The van der Waals surface area contributed by atoms with Crippen molar-refractivity contribution >= 4 is 16.8 Å². The number of hydrogen-bond donors (Lipinski definition) is 0. The molecule has 2 aromatic heterocycles. The summed E-state index contributed by atoms with van der Waals surface area (Å²) in [7, 11) is 0. The molecule has 4 fully saturated rings. The number of carbonyl (C=O) groups is 1. The zero-order chi connectivity index (χ0) is 25.8. The summed E-state index contributed by atoms with van der Waals surface area (Å²) in [6.45, 7) is 8.42. The zero-order valence-electron chi connectivity index (χ0n) is 21.9. The molecule has 0 N–H and O–H groups in total. The van der Waals surface area contributed by atoms with Crippen LogP contribution in [-0.4, -0.2) is 83.4 Å². The molecule has 4 aliphatic heterocycles. The van der Waals surface area contributed by atoms with Gasteiger partial charge in [0.05, 0.1) is 48.3 Å². The molecule has 38 heavy (non-hydrogen) atoms. The Hall–Kier alpha value is -2.81. The molecule has 1 aromatic carbocycles. The van der Waals surface area contributed by atoms with Gasteiger partial charge in [0.2, 0.25) is 0 Å². The highest BCUT2D eigenvalue weighted by Gasteiger charge is 2.46. The summed E-state index contributed by atoms with van der Waals surface area (Å²) in [4.78, 5) is 22.6. The molecule has 0 spiro atoms. The van der Waals surface area contributed by atoms with Gasteiger partial charge in [-0.1, -0.05) is 0 Å². The molecule has 0 aliphatic carbocycles. The second-order valence-electron chi connectivity index (χ2n) is 11.7. The zero-order valence-corrected chi connectivity index (χ0v) is 21.9. The third-order valence-electron chi connectivity index (χ3n) is 9.01. The standard InChI is InChI=1S/C30H35FN4O3/c1-19-11-32-12-28-29(19)22(8-21-14-33(15-21)13-20-4-6-37-7-5-20)16-34(28)27-3-2-23(31)9-26(27)30(36)35-24-10-25(35)18-38-17-24/h2-3,9,11-12,16,20-21,24-25H,4-8,10,13-15,17-18H2,1H3. The Morgan fingerprint density at radius 1 is 1.08 bits per heavy atom. The number of hydrogen-bond acceptors (Lipinski definition) is 5. The van der Waals surface area contributed by atoms with Crippen molar-refractivity contribution in [1.82, 2.24) is 19.4 Å². The van der Waals surface area contributed by atoms with Crippen LogP contribution in [0.1, 0.15) is 40.7 Å². The van der Waals surface area contributed by atoms with Gasteiger partial charge in [-0.05, 0) is 73.8 Å². The Morgan fingerprint density at radius 2 is 1.87 bits per heavy atom. The van der Waals surface area contributed by atoms with Crippen molar-refractivity contribution in [2.75, 3.05) is 46.1 Å². The molecule has 7 rings (SSSR count). The normalized spacial score (nSPS) is 24.4. The van der Waals surface area contributed by atoms with Crippen LogP contribution in [0.2, 0.25) is 0 Å². The number of ether oxygens (including phenoxy) is 2. The molecule has 0 radical (unpaired) electrons. The molecule has 6 heterocycles. The fourth-order valence-corrected chi connectivity index (χ4v) is 7.05. The minimum Gasteiger partial charge on any atom is -0.381 e. The predicted molar refractivity (Wildman–Crippen MR) is 142 cm³/mol. The first-order valence-corrected chi connectivity index (χ1v) is 14.0. The van der Waals surface area contributed by atoms with Crippen LogP contribution in [0.4, 0.5) is 4.39 Å². The number of rotatable bonds is 6. The van der Waals surface area contributed by atoms with E-state index in [1.807, 2.05) is 17.3 Å². The Labute approximate surface area is 222 Å². The van der Waals surface area contributed by atoms with Gasteiger partial charge in [0, 0.05) is 50.6 Å². The second-order valence-corrected chi connectivity index (χ2v) is 11.7. The summed E-state index contributed by atoms with van der Waals surface area (Å²) in [5.74, 6) is 0.850. The number of aromatic nitrogens is 2. The molecule has 3 aromatic rings. The van der Waals surface area contributed by atoms with E-state index in [4.69, 9.17) is 9.47 Å². The van der Waals surface area contributed by atoms with E-state index in [1.165, 1.54) is 42.5 Å². The van der Waals surface area contributed by atoms with Crippen LogP contribution in [0.15, 0.2) is 36.8 Å². The van der Waals surface area contributed by atoms with Gasteiger partial charge >= 0.3 is 0 Å². The quantitative estimate of drug-likeness (QED) is 0.494. The van der Waals surface area contributed by atoms with E-state index in [0.29, 0.717) is 30.4 Å². The van der Waals surface area contributed by atoms with Gasteiger partial charge in [0.25, 0.3) is 5.91 Å². The maximum atomic E-state index is 14.5. The summed E-state index contributed by atoms with van der Waals surface area (Å²) in [5, 5.41) is 1.19. The first-order valence-electron chi connectivity index (χ1n) is 14.0. The van der Waals surface area contributed by atoms with E-state index in [2.05, 4.69) is 27.6 Å². The number of aryl methyl sites for hydroxylation is 1. The van der Waals surface area contributed by atoms with Gasteiger partial charge in [0.1, 0.15) is 5.82 Å². The van der Waals surface area contributed by atoms with Gasteiger partial charge < -0.3 is 23.8 Å². The first kappa shape index (κ1) is 24.2. The molecule has 4 saturated heterocycles. The number of halogens is 1. The van der Waals surface area contributed by atoms with E-state index < -0.39 is 5.82 Å². The number of benzene rings is 1. The smallest absolute Gasteiger partial charge is 0.256 e. The highest BCUT2D eigenvalue weighted by molar-refractivity contribution is 6.00. The lowest BCUT2D eigenvalue weighted by molar-refractivity contribution is -0.104. The molecule has 2 atom stereocenters. The summed E-state index contributed by atoms with van der Waals surface area (Å²) in [5.41, 5.74) is 4.47. The van der Waals surface area contributed by atoms with Gasteiger partial charge in [-0.3, -0.25) is 9.78 Å². The van der Waals surface area contributed by atoms with Crippen LogP contribution >= 0.6 is 0 Å². The lowest BCUT2D eigenvalue weighted by Gasteiger charge is -2.52. The molecular weight excluding hydrogens is 483 g/mol. The van der Waals surface area contributed by atoms with Crippen LogP contribution in [0.3, 0.4) is 0 Å². The number of nitrogens with zero attached hydrogens (tertiary/aromatic N) is 4. The van der Waals surface area contributed by atoms with Crippen molar-refractivity contribution in [3.05, 3.63) is 59.3 Å². The van der Waals surface area contributed by atoms with Crippen LogP contribution in [0, 0.1) is 24.6 Å².